The van der Waals surface area contributed by atoms with Crippen molar-refractivity contribution in [2.45, 2.75) is 0 Å². The summed E-state index contributed by atoms with van der Waals surface area (Å²) in [6.45, 7) is 0. The van der Waals surface area contributed by atoms with Crippen LogP contribution in [0.3, 0.4) is 0 Å². The van der Waals surface area contributed by atoms with Crippen molar-refractivity contribution in [1.29, 1.82) is 5.26 Å². The van der Waals surface area contributed by atoms with Crippen molar-refractivity contribution in [2.75, 3.05) is 0 Å². The number of aromatic carboxylic acids is 1. The van der Waals surface area contributed by atoms with Crippen molar-refractivity contribution in [3.8, 4) is 6.07 Å². The molecular formula is C7H4N2O2S. The van der Waals surface area contributed by atoms with E-state index >= 15 is 0 Å². The van der Waals surface area contributed by atoms with Crippen molar-refractivity contribution in [3.05, 3.63) is 28.0 Å². The number of rotatable bonds is 1. The van der Waals surface area contributed by atoms with E-state index in [0.717, 1.165) is 0 Å². The average molecular weight is 180 g/mol. The molecule has 12 heavy (non-hydrogen) atoms. The Morgan fingerprint density at radius 1 is 1.67 bits per heavy atom. The molecule has 0 aliphatic rings. The minimum absolute atomic E-state index is 0.0518. The van der Waals surface area contributed by atoms with Crippen LogP contribution in [-0.4, -0.2) is 16.1 Å². The molecule has 0 spiro atoms. The highest BCUT2D eigenvalue weighted by atomic mass is 32.1. The third kappa shape index (κ3) is 1.33. The highest BCUT2D eigenvalue weighted by Gasteiger charge is 2.07. The van der Waals surface area contributed by atoms with Gasteiger partial charge in [-0.15, -0.1) is 0 Å². The van der Waals surface area contributed by atoms with E-state index in [4.69, 9.17) is 22.6 Å². The van der Waals surface area contributed by atoms with Crippen LogP contribution < -0.4 is 0 Å². The number of hydrogen-bond donors (Lipinski definition) is 2. The molecule has 0 saturated heterocycles. The zero-order valence-corrected chi connectivity index (χ0v) is 6.68. The molecule has 1 aromatic rings. The molecule has 0 amide bonds. The molecule has 5 heteroatoms. The lowest BCUT2D eigenvalue weighted by atomic mass is 10.2. The van der Waals surface area contributed by atoms with Crippen LogP contribution in [0.25, 0.3) is 0 Å². The molecule has 1 aromatic heterocycles. The van der Waals surface area contributed by atoms with Crippen molar-refractivity contribution in [3.63, 3.8) is 0 Å². The normalized spacial score (nSPS) is 8.92. The molecule has 1 rings (SSSR count). The summed E-state index contributed by atoms with van der Waals surface area (Å²) >= 11 is 4.74. The number of nitrogens with zero attached hydrogens (tertiary/aromatic N) is 1. The summed E-state index contributed by atoms with van der Waals surface area (Å²) in [5.74, 6) is -1.13. The highest BCUT2D eigenvalue weighted by Crippen LogP contribution is 2.05. The standard InChI is InChI=1S/C7H4N2O2S/c8-1-4-2-9-3-5(6(4)12)7(10)11/h2-3H,(H,9,12)(H,10,11). The van der Waals surface area contributed by atoms with E-state index < -0.39 is 5.97 Å². The third-order valence-electron chi connectivity index (χ3n) is 1.30. The van der Waals surface area contributed by atoms with Gasteiger partial charge in [-0.3, -0.25) is 0 Å². The summed E-state index contributed by atoms with van der Waals surface area (Å²) in [6, 6.07) is 1.79. The van der Waals surface area contributed by atoms with Crippen LogP contribution >= 0.6 is 12.2 Å². The summed E-state index contributed by atoms with van der Waals surface area (Å²) in [6.07, 6.45) is 2.63. The lowest BCUT2D eigenvalue weighted by molar-refractivity contribution is 0.0696. The van der Waals surface area contributed by atoms with E-state index in [9.17, 15) is 4.79 Å². The number of aromatic nitrogens is 1. The molecule has 0 aromatic carbocycles. The molecular weight excluding hydrogens is 176 g/mol. The number of nitrogens with one attached hydrogen (secondary N) is 1. The Bertz CT molecular complexity index is 416. The molecule has 0 bridgehead atoms. The van der Waals surface area contributed by atoms with E-state index in [-0.39, 0.29) is 15.6 Å². The Morgan fingerprint density at radius 2 is 2.33 bits per heavy atom. The molecule has 0 radical (unpaired) electrons. The first-order valence-corrected chi connectivity index (χ1v) is 3.42. The van der Waals surface area contributed by atoms with Gasteiger partial charge >= 0.3 is 5.97 Å². The topological polar surface area (TPSA) is 76.9 Å². The predicted octanol–water partition coefficient (Wildman–Crippen LogP) is 1.31. The summed E-state index contributed by atoms with van der Waals surface area (Å²) in [7, 11) is 0. The predicted molar refractivity (Wildman–Crippen MR) is 43.3 cm³/mol. The largest absolute Gasteiger partial charge is 0.478 e. The van der Waals surface area contributed by atoms with E-state index in [1.165, 1.54) is 12.4 Å². The number of H-pyrrole nitrogens is 1. The molecule has 2 N–H and O–H groups in total. The van der Waals surface area contributed by atoms with Crippen LogP contribution in [-0.2, 0) is 0 Å². The average Bonchev–Trinajstić information content (AvgIpc) is 2.04. The fourth-order valence-electron chi connectivity index (χ4n) is 0.726. The van der Waals surface area contributed by atoms with Gasteiger partial charge in [-0.1, -0.05) is 12.2 Å². The van der Waals surface area contributed by atoms with Gasteiger partial charge in [0.05, 0.1) is 15.6 Å². The van der Waals surface area contributed by atoms with E-state index in [0.29, 0.717) is 0 Å². The molecule has 0 saturated carbocycles. The molecule has 0 aliphatic heterocycles. The van der Waals surface area contributed by atoms with Crippen molar-refractivity contribution >= 4 is 18.2 Å². The Balaban J connectivity index is 3.46. The summed E-state index contributed by atoms with van der Waals surface area (Å²) in [5, 5.41) is 17.1. The summed E-state index contributed by atoms with van der Waals surface area (Å²) < 4.78 is 0.0729. The van der Waals surface area contributed by atoms with Crippen LogP contribution in [0.4, 0.5) is 0 Å². The molecule has 60 valence electrons. The summed E-state index contributed by atoms with van der Waals surface area (Å²) in [4.78, 5) is 13.0. The van der Waals surface area contributed by atoms with Crippen LogP contribution in [0, 0.1) is 15.8 Å². The quantitative estimate of drug-likeness (QED) is 0.639. The molecule has 4 nitrogen and oxygen atoms in total. The maximum absolute atomic E-state index is 10.5. The van der Waals surface area contributed by atoms with Crippen LogP contribution in [0.1, 0.15) is 15.9 Å². The number of carboxylic acids is 1. The maximum atomic E-state index is 10.5. The lowest BCUT2D eigenvalue weighted by Gasteiger charge is -1.94. The van der Waals surface area contributed by atoms with Gasteiger partial charge in [0, 0.05) is 12.4 Å². The zero-order valence-electron chi connectivity index (χ0n) is 5.87. The third-order valence-corrected chi connectivity index (χ3v) is 1.74. The van der Waals surface area contributed by atoms with Gasteiger partial charge in [-0.25, -0.2) is 4.79 Å². The Hall–Kier alpha value is -1.67. The number of carbonyl (C=O) groups is 1. The Labute approximate surface area is 73.1 Å². The number of carboxylic acid groups (broad SMARTS) is 1. The van der Waals surface area contributed by atoms with Gasteiger partial charge < -0.3 is 10.1 Å². The number of hydrogen-bond acceptors (Lipinski definition) is 3. The first-order valence-electron chi connectivity index (χ1n) is 3.01. The minimum atomic E-state index is -1.13. The molecule has 0 atom stereocenters. The molecule has 0 aliphatic carbocycles. The van der Waals surface area contributed by atoms with Gasteiger partial charge in [0.25, 0.3) is 0 Å². The fraction of sp³-hybridized carbons (Fsp3) is 0. The second kappa shape index (κ2) is 3.15. The number of pyridine rings is 1. The second-order valence-corrected chi connectivity index (χ2v) is 2.44. The molecule has 1 heterocycles. The van der Waals surface area contributed by atoms with E-state index in [1.54, 1.807) is 6.07 Å². The van der Waals surface area contributed by atoms with Gasteiger partial charge in [0.2, 0.25) is 0 Å². The smallest absolute Gasteiger partial charge is 0.338 e. The minimum Gasteiger partial charge on any atom is -0.478 e. The fourth-order valence-corrected chi connectivity index (χ4v) is 0.977. The van der Waals surface area contributed by atoms with Crippen LogP contribution in [0.5, 0.6) is 0 Å². The van der Waals surface area contributed by atoms with Crippen LogP contribution in [0.2, 0.25) is 0 Å². The Morgan fingerprint density at radius 3 is 2.83 bits per heavy atom. The molecule has 0 fully saturated rings. The lowest BCUT2D eigenvalue weighted by Crippen LogP contribution is -1.99. The van der Waals surface area contributed by atoms with Crippen LogP contribution in [0.15, 0.2) is 12.4 Å². The highest BCUT2D eigenvalue weighted by molar-refractivity contribution is 7.71. The number of aromatic amines is 1. The van der Waals surface area contributed by atoms with Gasteiger partial charge in [0.15, 0.2) is 0 Å². The second-order valence-electron chi connectivity index (χ2n) is 2.03. The van der Waals surface area contributed by atoms with Crippen molar-refractivity contribution in [1.82, 2.24) is 4.98 Å². The monoisotopic (exact) mass is 180 g/mol. The van der Waals surface area contributed by atoms with Crippen molar-refractivity contribution in [2.24, 2.45) is 0 Å². The van der Waals surface area contributed by atoms with Gasteiger partial charge in [-0.2, -0.15) is 5.26 Å². The van der Waals surface area contributed by atoms with Gasteiger partial charge in [0.1, 0.15) is 6.07 Å². The summed E-state index contributed by atoms with van der Waals surface area (Å²) in [5.41, 5.74) is 0.119. The maximum Gasteiger partial charge on any atom is 0.338 e. The van der Waals surface area contributed by atoms with E-state index in [1.807, 2.05) is 0 Å². The first kappa shape index (κ1) is 8.43. The zero-order chi connectivity index (χ0) is 9.14. The number of nitriles is 1. The molecule has 0 unspecified atom stereocenters. The Kier molecular flexibility index (Phi) is 2.21. The van der Waals surface area contributed by atoms with Gasteiger partial charge in [-0.05, 0) is 0 Å². The van der Waals surface area contributed by atoms with E-state index in [2.05, 4.69) is 4.98 Å². The van der Waals surface area contributed by atoms with Crippen molar-refractivity contribution < 1.29 is 9.90 Å². The first-order chi connectivity index (χ1) is 5.66. The SMILES string of the molecule is N#Cc1c[nH]cc(C(=O)O)c1=S.